The van der Waals surface area contributed by atoms with E-state index in [4.69, 9.17) is 4.74 Å². The molecule has 1 saturated heterocycles. The van der Waals surface area contributed by atoms with Crippen LogP contribution in [0.25, 0.3) is 0 Å². The van der Waals surface area contributed by atoms with Crippen LogP contribution in [0.3, 0.4) is 0 Å². The van der Waals surface area contributed by atoms with Crippen molar-refractivity contribution in [2.24, 2.45) is 23.2 Å². The average Bonchev–Trinajstić information content (AvgIpc) is 2.70. The van der Waals surface area contributed by atoms with Gasteiger partial charge in [0.2, 0.25) is 0 Å². The van der Waals surface area contributed by atoms with Crippen LogP contribution < -0.4 is 0 Å². The molecule has 5 rings (SSSR count). The molecule has 5 atom stereocenters. The Kier molecular flexibility index (Phi) is 7.25. The van der Waals surface area contributed by atoms with Gasteiger partial charge in [-0.15, -0.1) is 0 Å². The van der Waals surface area contributed by atoms with Gasteiger partial charge in [0.05, 0.1) is 19.3 Å². The molecule has 4 aliphatic carbocycles. The van der Waals surface area contributed by atoms with Crippen molar-refractivity contribution < 1.29 is 35.1 Å². The van der Waals surface area contributed by atoms with Gasteiger partial charge in [0, 0.05) is 6.61 Å². The second-order valence-electron chi connectivity index (χ2n) is 10.8. The van der Waals surface area contributed by atoms with E-state index in [1.54, 1.807) is 0 Å². The van der Waals surface area contributed by atoms with Crippen molar-refractivity contribution in [2.75, 3.05) is 26.4 Å². The first-order valence-electron chi connectivity index (χ1n) is 12.0. The maximum absolute atomic E-state index is 11.6. The number of carboxylic acids is 1. The van der Waals surface area contributed by atoms with Crippen molar-refractivity contribution in [3.63, 3.8) is 0 Å². The maximum atomic E-state index is 11.6. The van der Waals surface area contributed by atoms with E-state index < -0.39 is 43.0 Å². The van der Waals surface area contributed by atoms with E-state index in [9.17, 15) is 30.3 Å². The van der Waals surface area contributed by atoms with E-state index in [1.807, 2.05) is 0 Å². The number of rotatable bonds is 10. The average molecular weight is 442 g/mol. The van der Waals surface area contributed by atoms with Crippen molar-refractivity contribution in [3.8, 4) is 0 Å². The molecule has 0 radical (unpaired) electrons. The van der Waals surface area contributed by atoms with Gasteiger partial charge in [-0.05, 0) is 87.5 Å². The van der Waals surface area contributed by atoms with Crippen LogP contribution in [0.5, 0.6) is 0 Å². The number of likely N-dealkylation sites (tertiary alicyclic amines) is 1. The molecule has 8 nitrogen and oxygen atoms in total. The summed E-state index contributed by atoms with van der Waals surface area (Å²) in [5, 5.41) is 49.3. The quantitative estimate of drug-likeness (QED) is 0.312. The molecule has 8 heteroatoms. The molecule has 0 spiro atoms. The summed E-state index contributed by atoms with van der Waals surface area (Å²) in [6.07, 6.45) is 6.09. The van der Waals surface area contributed by atoms with Crippen molar-refractivity contribution in [1.29, 1.82) is 0 Å². The Bertz CT molecular complexity index is 594. The minimum absolute atomic E-state index is 0.317. The third-order valence-electron chi connectivity index (χ3n) is 8.42. The normalized spacial score (nSPS) is 44.6. The molecular weight excluding hydrogens is 402 g/mol. The third kappa shape index (κ3) is 4.80. The fraction of sp³-hybridized carbons (Fsp3) is 0.957. The molecule has 1 aliphatic heterocycles. The standard InChI is InChI=1S/C23H39NO7/c25-12-17-19(26)21(28)20(27)18(22(29)30)24(17)4-2-1-3-5-31-13-23-9-14-6-15(10-23)8-16(7-14)11-23/h14-21,25-28H,1-13H2,(H,29,30)/t14?,15?,16?,17-,18+,19-,20+,21+,23?/m1/s1. The molecule has 0 unspecified atom stereocenters. The van der Waals surface area contributed by atoms with Gasteiger partial charge >= 0.3 is 5.97 Å². The van der Waals surface area contributed by atoms with Gasteiger partial charge in [-0.25, -0.2) is 0 Å². The first kappa shape index (κ1) is 23.4. The van der Waals surface area contributed by atoms with Gasteiger partial charge in [-0.1, -0.05) is 0 Å². The molecule has 5 aliphatic rings. The van der Waals surface area contributed by atoms with Crippen LogP contribution in [0.15, 0.2) is 0 Å². The summed E-state index contributed by atoms with van der Waals surface area (Å²) in [6.45, 7) is 1.39. The van der Waals surface area contributed by atoms with Gasteiger partial charge < -0.3 is 30.3 Å². The van der Waals surface area contributed by atoms with E-state index >= 15 is 0 Å². The fourth-order valence-corrected chi connectivity index (χ4v) is 7.45. The van der Waals surface area contributed by atoms with Crippen LogP contribution in [0.4, 0.5) is 0 Å². The number of piperidine rings is 1. The van der Waals surface area contributed by atoms with Crippen molar-refractivity contribution >= 4 is 5.97 Å². The summed E-state index contributed by atoms with van der Waals surface area (Å²) in [5.41, 5.74) is 0.415. The smallest absolute Gasteiger partial charge is 0.323 e. The van der Waals surface area contributed by atoms with E-state index in [1.165, 1.54) is 43.4 Å². The lowest BCUT2D eigenvalue weighted by molar-refractivity contribution is -0.188. The molecule has 4 bridgehead atoms. The molecule has 0 aromatic rings. The Labute approximate surface area is 184 Å². The fourth-order valence-electron chi connectivity index (χ4n) is 7.45. The summed E-state index contributed by atoms with van der Waals surface area (Å²) in [6, 6.07) is -2.25. The van der Waals surface area contributed by atoms with Gasteiger partial charge in [-0.3, -0.25) is 9.69 Å². The van der Waals surface area contributed by atoms with Gasteiger partial charge in [0.1, 0.15) is 24.4 Å². The van der Waals surface area contributed by atoms with Crippen LogP contribution in [0.2, 0.25) is 0 Å². The van der Waals surface area contributed by atoms with Crippen LogP contribution in [-0.4, -0.2) is 93.2 Å². The second-order valence-corrected chi connectivity index (χ2v) is 10.8. The SMILES string of the molecule is O=C(O)[C@@H]1[C@H](O)[C@@H](O)[C@H](O)[C@@H](CO)N1CCCCCOCC12CC3CC(CC(C3)C1)C2. The predicted octanol–water partition coefficient (Wildman–Crippen LogP) is 0.602. The van der Waals surface area contributed by atoms with Gasteiger partial charge in [-0.2, -0.15) is 0 Å². The van der Waals surface area contributed by atoms with E-state index in [0.29, 0.717) is 25.0 Å². The lowest BCUT2D eigenvalue weighted by Gasteiger charge is -2.56. The molecule has 178 valence electrons. The van der Waals surface area contributed by atoms with E-state index in [2.05, 4.69) is 0 Å². The zero-order valence-corrected chi connectivity index (χ0v) is 18.3. The topological polar surface area (TPSA) is 131 Å². The maximum Gasteiger partial charge on any atom is 0.323 e. The van der Waals surface area contributed by atoms with E-state index in [-0.39, 0.29) is 0 Å². The molecule has 0 aromatic carbocycles. The second kappa shape index (κ2) is 9.61. The number of nitrogens with zero attached hydrogens (tertiary/aromatic N) is 1. The Balaban J connectivity index is 1.19. The van der Waals surface area contributed by atoms with E-state index in [0.717, 1.165) is 37.2 Å². The van der Waals surface area contributed by atoms with Crippen molar-refractivity contribution in [2.45, 2.75) is 88.2 Å². The number of unbranched alkanes of at least 4 members (excludes halogenated alkanes) is 2. The van der Waals surface area contributed by atoms with Crippen LogP contribution in [-0.2, 0) is 9.53 Å². The van der Waals surface area contributed by atoms with Gasteiger partial charge in [0.25, 0.3) is 0 Å². The first-order chi connectivity index (χ1) is 14.8. The summed E-state index contributed by atoms with van der Waals surface area (Å²) in [7, 11) is 0. The third-order valence-corrected chi connectivity index (χ3v) is 8.42. The summed E-state index contributed by atoms with van der Waals surface area (Å²) >= 11 is 0. The van der Waals surface area contributed by atoms with Gasteiger partial charge in [0.15, 0.2) is 0 Å². The molecule has 5 N–H and O–H groups in total. The number of aliphatic carboxylic acids is 1. The number of carboxylic acid groups (broad SMARTS) is 1. The Morgan fingerprint density at radius 3 is 2.06 bits per heavy atom. The highest BCUT2D eigenvalue weighted by Crippen LogP contribution is 2.60. The predicted molar refractivity (Wildman–Crippen MR) is 112 cm³/mol. The number of hydrogen-bond acceptors (Lipinski definition) is 7. The lowest BCUT2D eigenvalue weighted by Crippen LogP contribution is -2.69. The Hall–Kier alpha value is -0.770. The minimum Gasteiger partial charge on any atom is -0.480 e. The molecule has 0 amide bonds. The van der Waals surface area contributed by atoms with Crippen molar-refractivity contribution in [1.82, 2.24) is 4.90 Å². The molecule has 1 heterocycles. The number of carbonyl (C=O) groups is 1. The zero-order chi connectivity index (χ0) is 22.2. The summed E-state index contributed by atoms with van der Waals surface area (Å²) in [4.78, 5) is 13.0. The zero-order valence-electron chi connectivity index (χ0n) is 18.3. The van der Waals surface area contributed by atoms with Crippen LogP contribution in [0.1, 0.15) is 57.8 Å². The largest absolute Gasteiger partial charge is 0.480 e. The molecular formula is C23H39NO7. The molecule has 4 saturated carbocycles. The van der Waals surface area contributed by atoms with Crippen LogP contribution >= 0.6 is 0 Å². The lowest BCUT2D eigenvalue weighted by atomic mass is 9.50. The number of aliphatic hydroxyl groups is 4. The molecule has 31 heavy (non-hydrogen) atoms. The highest BCUT2D eigenvalue weighted by Gasteiger charge is 2.51. The molecule has 5 fully saturated rings. The number of aliphatic hydroxyl groups excluding tert-OH is 4. The summed E-state index contributed by atoms with van der Waals surface area (Å²) in [5.74, 6) is 1.50. The van der Waals surface area contributed by atoms with Crippen LogP contribution in [0, 0.1) is 23.2 Å². The molecule has 0 aromatic heterocycles. The Morgan fingerprint density at radius 1 is 0.903 bits per heavy atom. The monoisotopic (exact) mass is 441 g/mol. The number of hydrogen-bond donors (Lipinski definition) is 5. The number of ether oxygens (including phenoxy) is 1. The minimum atomic E-state index is -1.60. The Morgan fingerprint density at radius 2 is 1.52 bits per heavy atom. The first-order valence-corrected chi connectivity index (χ1v) is 12.0. The van der Waals surface area contributed by atoms with Crippen molar-refractivity contribution in [3.05, 3.63) is 0 Å². The summed E-state index contributed by atoms with van der Waals surface area (Å²) < 4.78 is 6.10. The highest BCUT2D eigenvalue weighted by atomic mass is 16.5. The highest BCUT2D eigenvalue weighted by molar-refractivity contribution is 5.74.